The Morgan fingerprint density at radius 2 is 1.69 bits per heavy atom. The molecule has 0 radical (unpaired) electrons. The fourth-order valence-electron chi connectivity index (χ4n) is 2.81. The summed E-state index contributed by atoms with van der Waals surface area (Å²) in [5.41, 5.74) is 5.75. The molecule has 3 amide bonds. The van der Waals surface area contributed by atoms with E-state index in [1.807, 2.05) is 0 Å². The van der Waals surface area contributed by atoms with Crippen molar-refractivity contribution in [1.82, 2.24) is 15.8 Å². The molecule has 1 aliphatic rings. The number of amides is 3. The molecule has 7 nitrogen and oxygen atoms in total. The fourth-order valence-corrected chi connectivity index (χ4v) is 2.93. The van der Waals surface area contributed by atoms with Crippen molar-refractivity contribution in [2.24, 2.45) is 5.92 Å². The minimum absolute atomic E-state index is 0.103. The van der Waals surface area contributed by atoms with Crippen molar-refractivity contribution in [3.05, 3.63) is 59.0 Å². The highest BCUT2D eigenvalue weighted by molar-refractivity contribution is 6.30. The van der Waals surface area contributed by atoms with Gasteiger partial charge in [-0.15, -0.1) is 0 Å². The number of carbonyl (C=O) groups is 3. The molecule has 1 saturated heterocycles. The van der Waals surface area contributed by atoms with E-state index in [2.05, 4.69) is 10.9 Å². The molecular formula is C18H18ClN3O4. The molecule has 2 aromatic rings. The summed E-state index contributed by atoms with van der Waals surface area (Å²) in [5, 5.41) is 0.530. The van der Waals surface area contributed by atoms with E-state index < -0.39 is 5.91 Å². The third-order valence-corrected chi connectivity index (χ3v) is 4.58. The van der Waals surface area contributed by atoms with Gasteiger partial charge >= 0.3 is 0 Å². The maximum atomic E-state index is 12.2. The van der Waals surface area contributed by atoms with Crippen LogP contribution in [0.5, 0.6) is 0 Å². The number of furan rings is 1. The van der Waals surface area contributed by atoms with Crippen LogP contribution in [0.15, 0.2) is 47.3 Å². The first-order valence-corrected chi connectivity index (χ1v) is 8.59. The maximum absolute atomic E-state index is 12.2. The molecule has 0 saturated carbocycles. The summed E-state index contributed by atoms with van der Waals surface area (Å²) in [4.78, 5) is 38.1. The van der Waals surface area contributed by atoms with Crippen LogP contribution in [0.2, 0.25) is 5.02 Å². The lowest BCUT2D eigenvalue weighted by Crippen LogP contribution is -2.48. The number of piperidine rings is 1. The first-order valence-electron chi connectivity index (χ1n) is 8.22. The van der Waals surface area contributed by atoms with Crippen molar-refractivity contribution < 1.29 is 18.8 Å². The number of nitrogens with one attached hydrogen (secondary N) is 2. The molecule has 1 aromatic carbocycles. The summed E-state index contributed by atoms with van der Waals surface area (Å²) in [5.74, 6) is -1.03. The topological polar surface area (TPSA) is 91.7 Å². The Bertz CT molecular complexity index is 781. The number of carbonyl (C=O) groups excluding carboxylic acids is 3. The molecule has 0 bridgehead atoms. The number of halogens is 1. The van der Waals surface area contributed by atoms with Crippen LogP contribution in [0.4, 0.5) is 0 Å². The third-order valence-electron chi connectivity index (χ3n) is 4.33. The predicted octanol–water partition coefficient (Wildman–Crippen LogP) is 2.25. The molecule has 136 valence electrons. The van der Waals surface area contributed by atoms with E-state index in [0.717, 1.165) is 0 Å². The number of rotatable bonds is 3. The molecule has 2 N–H and O–H groups in total. The molecular weight excluding hydrogens is 358 g/mol. The molecule has 0 unspecified atom stereocenters. The van der Waals surface area contributed by atoms with Crippen molar-refractivity contribution in [3.8, 4) is 0 Å². The lowest BCUT2D eigenvalue weighted by atomic mass is 9.96. The monoisotopic (exact) mass is 375 g/mol. The van der Waals surface area contributed by atoms with Crippen LogP contribution >= 0.6 is 11.6 Å². The molecule has 2 heterocycles. The molecule has 8 heteroatoms. The summed E-state index contributed by atoms with van der Waals surface area (Å²) < 4.78 is 4.92. The van der Waals surface area contributed by atoms with Gasteiger partial charge in [0.2, 0.25) is 5.91 Å². The zero-order valence-corrected chi connectivity index (χ0v) is 14.7. The molecule has 3 rings (SSSR count). The average molecular weight is 376 g/mol. The molecule has 0 atom stereocenters. The van der Waals surface area contributed by atoms with Gasteiger partial charge in [-0.3, -0.25) is 25.2 Å². The van der Waals surface area contributed by atoms with E-state index in [1.165, 1.54) is 12.5 Å². The number of benzene rings is 1. The maximum Gasteiger partial charge on any atom is 0.269 e. The Morgan fingerprint density at radius 1 is 1.00 bits per heavy atom. The first-order chi connectivity index (χ1) is 12.5. The lowest BCUT2D eigenvalue weighted by molar-refractivity contribution is -0.127. The van der Waals surface area contributed by atoms with E-state index in [1.54, 1.807) is 35.2 Å². The van der Waals surface area contributed by atoms with E-state index in [4.69, 9.17) is 16.0 Å². The highest BCUT2D eigenvalue weighted by Gasteiger charge is 2.28. The molecule has 1 aromatic heterocycles. The van der Waals surface area contributed by atoms with Gasteiger partial charge in [-0.1, -0.05) is 11.6 Å². The van der Waals surface area contributed by atoms with Gasteiger partial charge < -0.3 is 9.32 Å². The van der Waals surface area contributed by atoms with Crippen LogP contribution in [0, 0.1) is 5.92 Å². The molecule has 26 heavy (non-hydrogen) atoms. The van der Waals surface area contributed by atoms with Gasteiger partial charge in [0.25, 0.3) is 11.8 Å². The second kappa shape index (κ2) is 8.05. The highest BCUT2D eigenvalue weighted by atomic mass is 35.5. The number of nitrogens with zero attached hydrogens (tertiary/aromatic N) is 1. The van der Waals surface area contributed by atoms with Gasteiger partial charge in [-0.05, 0) is 43.2 Å². The van der Waals surface area contributed by atoms with E-state index in [0.29, 0.717) is 42.1 Å². The quantitative estimate of drug-likeness (QED) is 0.805. The summed E-state index contributed by atoms with van der Waals surface area (Å²) >= 11 is 5.78. The number of hydrazine groups is 1. The van der Waals surface area contributed by atoms with E-state index >= 15 is 0 Å². The van der Waals surface area contributed by atoms with Gasteiger partial charge in [0.1, 0.15) is 6.26 Å². The molecule has 0 aliphatic carbocycles. The molecule has 0 spiro atoms. The minimum Gasteiger partial charge on any atom is -0.472 e. The average Bonchev–Trinajstić information content (AvgIpc) is 3.20. The smallest absolute Gasteiger partial charge is 0.269 e. The van der Waals surface area contributed by atoms with Crippen LogP contribution in [0.3, 0.4) is 0 Å². The predicted molar refractivity (Wildman–Crippen MR) is 94.4 cm³/mol. The molecule has 1 fully saturated rings. The summed E-state index contributed by atoms with van der Waals surface area (Å²) in [6, 6.07) is 7.97. The number of hydrogen-bond donors (Lipinski definition) is 2. The first kappa shape index (κ1) is 18.0. The van der Waals surface area contributed by atoms with Crippen molar-refractivity contribution >= 4 is 29.3 Å². The van der Waals surface area contributed by atoms with Crippen LogP contribution in [0.1, 0.15) is 33.6 Å². The zero-order valence-electron chi connectivity index (χ0n) is 13.9. The Balaban J connectivity index is 1.45. The summed E-state index contributed by atoms with van der Waals surface area (Å²) in [6.45, 7) is 0.959. The van der Waals surface area contributed by atoms with Gasteiger partial charge in [0.05, 0.1) is 11.8 Å². The number of likely N-dealkylation sites (tertiary alicyclic amines) is 1. The van der Waals surface area contributed by atoms with Crippen LogP contribution < -0.4 is 10.9 Å². The molecule has 1 aliphatic heterocycles. The Hall–Kier alpha value is -2.80. The third kappa shape index (κ3) is 4.23. The van der Waals surface area contributed by atoms with Gasteiger partial charge in [-0.2, -0.15) is 0 Å². The normalized spacial score (nSPS) is 14.7. The van der Waals surface area contributed by atoms with Gasteiger partial charge in [-0.25, -0.2) is 0 Å². The van der Waals surface area contributed by atoms with Crippen LogP contribution in [-0.2, 0) is 4.79 Å². The fraction of sp³-hybridized carbons (Fsp3) is 0.278. The zero-order chi connectivity index (χ0) is 18.5. The lowest BCUT2D eigenvalue weighted by Gasteiger charge is -2.31. The van der Waals surface area contributed by atoms with E-state index in [-0.39, 0.29) is 17.7 Å². The largest absolute Gasteiger partial charge is 0.472 e. The number of hydrogen-bond acceptors (Lipinski definition) is 4. The van der Waals surface area contributed by atoms with Crippen molar-refractivity contribution in [1.29, 1.82) is 0 Å². The van der Waals surface area contributed by atoms with E-state index in [9.17, 15) is 14.4 Å². The van der Waals surface area contributed by atoms with Crippen LogP contribution in [-0.4, -0.2) is 35.7 Å². The Morgan fingerprint density at radius 3 is 2.31 bits per heavy atom. The van der Waals surface area contributed by atoms with Crippen LogP contribution in [0.25, 0.3) is 0 Å². The standard InChI is InChI=1S/C18H18ClN3O4/c19-15-3-1-12(2-4-15)16(23)20-21-17(24)13-5-8-22(9-6-13)18(25)14-7-10-26-11-14/h1-4,7,10-11,13H,5-6,8-9H2,(H,20,23)(H,21,24). The Labute approximate surface area is 155 Å². The van der Waals surface area contributed by atoms with Crippen molar-refractivity contribution in [2.45, 2.75) is 12.8 Å². The Kier molecular flexibility index (Phi) is 5.58. The van der Waals surface area contributed by atoms with Gasteiger partial charge in [0.15, 0.2) is 0 Å². The minimum atomic E-state index is -0.414. The SMILES string of the molecule is O=C(NNC(=O)C1CCN(C(=O)c2ccoc2)CC1)c1ccc(Cl)cc1. The van der Waals surface area contributed by atoms with Gasteiger partial charge in [0, 0.05) is 29.6 Å². The summed E-state index contributed by atoms with van der Waals surface area (Å²) in [6.07, 6.45) is 3.93. The second-order valence-electron chi connectivity index (χ2n) is 6.03. The summed E-state index contributed by atoms with van der Waals surface area (Å²) in [7, 11) is 0. The highest BCUT2D eigenvalue weighted by Crippen LogP contribution is 2.19. The second-order valence-corrected chi connectivity index (χ2v) is 6.47. The van der Waals surface area contributed by atoms with Crippen molar-refractivity contribution in [2.75, 3.05) is 13.1 Å². The van der Waals surface area contributed by atoms with Crippen molar-refractivity contribution in [3.63, 3.8) is 0 Å².